The van der Waals surface area contributed by atoms with Gasteiger partial charge in [0.2, 0.25) is 0 Å². The van der Waals surface area contributed by atoms with Crippen LogP contribution in [0.25, 0.3) is 0 Å². The molecule has 1 fully saturated rings. The summed E-state index contributed by atoms with van der Waals surface area (Å²) in [6.07, 6.45) is 3.45. The molecule has 0 aromatic carbocycles. The fourth-order valence-electron chi connectivity index (χ4n) is 2.80. The number of aliphatic hydroxyl groups is 2. The third kappa shape index (κ3) is 7.55. The van der Waals surface area contributed by atoms with Gasteiger partial charge in [-0.2, -0.15) is 0 Å². The van der Waals surface area contributed by atoms with E-state index in [2.05, 4.69) is 12.2 Å². The van der Waals surface area contributed by atoms with E-state index in [1.165, 1.54) is 6.42 Å². The van der Waals surface area contributed by atoms with Crippen molar-refractivity contribution in [2.75, 3.05) is 39.5 Å². The Balaban J connectivity index is 2.04. The molecule has 0 aromatic heterocycles. The first-order chi connectivity index (χ1) is 9.56. The Morgan fingerprint density at radius 3 is 2.80 bits per heavy atom. The van der Waals surface area contributed by atoms with Gasteiger partial charge in [0.1, 0.15) is 0 Å². The van der Waals surface area contributed by atoms with Crippen LogP contribution in [0, 0.1) is 5.92 Å². The van der Waals surface area contributed by atoms with Crippen LogP contribution in [0.1, 0.15) is 39.5 Å². The molecule has 0 spiro atoms. The third-order valence-corrected chi connectivity index (χ3v) is 3.79. The van der Waals surface area contributed by atoms with Gasteiger partial charge in [0.05, 0.1) is 31.5 Å². The summed E-state index contributed by atoms with van der Waals surface area (Å²) < 4.78 is 10.4. The lowest BCUT2D eigenvalue weighted by Crippen LogP contribution is -2.46. The van der Waals surface area contributed by atoms with Gasteiger partial charge >= 0.3 is 0 Å². The summed E-state index contributed by atoms with van der Waals surface area (Å²) in [4.78, 5) is 0. The monoisotopic (exact) mass is 289 g/mol. The molecule has 5 heteroatoms. The molecule has 0 aromatic rings. The van der Waals surface area contributed by atoms with Crippen LogP contribution < -0.4 is 5.32 Å². The Bertz CT molecular complexity index is 252. The summed E-state index contributed by atoms with van der Waals surface area (Å²) >= 11 is 0. The lowest BCUT2D eigenvalue weighted by Gasteiger charge is -2.36. The predicted octanol–water partition coefficient (Wildman–Crippen LogP) is 0.931. The van der Waals surface area contributed by atoms with Crippen molar-refractivity contribution in [3.8, 4) is 0 Å². The van der Waals surface area contributed by atoms with Crippen molar-refractivity contribution in [2.45, 2.75) is 51.2 Å². The normalized spacial score (nSPS) is 28.5. The lowest BCUT2D eigenvalue weighted by atomic mass is 9.79. The minimum atomic E-state index is -0.604. The highest BCUT2D eigenvalue weighted by Gasteiger charge is 2.32. The first kappa shape index (κ1) is 17.9. The molecule has 0 radical (unpaired) electrons. The van der Waals surface area contributed by atoms with Crippen molar-refractivity contribution in [1.82, 2.24) is 5.32 Å². The summed E-state index contributed by atoms with van der Waals surface area (Å²) in [5.41, 5.74) is -0.604. The number of ether oxygens (including phenoxy) is 2. The first-order valence-electron chi connectivity index (χ1n) is 7.82. The minimum absolute atomic E-state index is 0.301. The minimum Gasteiger partial charge on any atom is -0.389 e. The van der Waals surface area contributed by atoms with E-state index in [9.17, 15) is 10.2 Å². The van der Waals surface area contributed by atoms with Crippen LogP contribution in [0.4, 0.5) is 0 Å². The number of aliphatic hydroxyl groups excluding tert-OH is 1. The molecule has 1 rings (SSSR count). The van der Waals surface area contributed by atoms with E-state index in [0.717, 1.165) is 19.3 Å². The Hall–Kier alpha value is -0.200. The van der Waals surface area contributed by atoms with E-state index >= 15 is 0 Å². The van der Waals surface area contributed by atoms with Crippen molar-refractivity contribution in [1.29, 1.82) is 0 Å². The molecule has 20 heavy (non-hydrogen) atoms. The van der Waals surface area contributed by atoms with E-state index in [1.807, 2.05) is 6.92 Å². The largest absolute Gasteiger partial charge is 0.389 e. The molecular weight excluding hydrogens is 258 g/mol. The van der Waals surface area contributed by atoms with Crippen molar-refractivity contribution >= 4 is 0 Å². The molecule has 0 bridgehead atoms. The molecular formula is C15H31NO4. The van der Waals surface area contributed by atoms with Crippen molar-refractivity contribution in [2.24, 2.45) is 5.92 Å². The first-order valence-corrected chi connectivity index (χ1v) is 7.82. The average molecular weight is 289 g/mol. The van der Waals surface area contributed by atoms with Gasteiger partial charge in [0.25, 0.3) is 0 Å². The Labute approximate surface area is 122 Å². The van der Waals surface area contributed by atoms with Crippen molar-refractivity contribution in [3.05, 3.63) is 0 Å². The zero-order valence-electron chi connectivity index (χ0n) is 12.9. The molecule has 1 saturated carbocycles. The molecule has 0 saturated heterocycles. The van der Waals surface area contributed by atoms with Crippen LogP contribution >= 0.6 is 0 Å². The van der Waals surface area contributed by atoms with E-state index in [4.69, 9.17) is 9.47 Å². The second-order valence-electron chi connectivity index (χ2n) is 5.98. The van der Waals surface area contributed by atoms with Gasteiger partial charge in [0, 0.05) is 19.7 Å². The van der Waals surface area contributed by atoms with E-state index in [-0.39, 0.29) is 0 Å². The summed E-state index contributed by atoms with van der Waals surface area (Å²) in [6, 6.07) is 0. The molecule has 0 aliphatic heterocycles. The second-order valence-corrected chi connectivity index (χ2v) is 5.98. The van der Waals surface area contributed by atoms with Gasteiger partial charge in [-0.1, -0.05) is 19.8 Å². The van der Waals surface area contributed by atoms with Gasteiger partial charge in [-0.3, -0.25) is 0 Å². The lowest BCUT2D eigenvalue weighted by molar-refractivity contribution is -0.0192. The quantitative estimate of drug-likeness (QED) is 0.522. The van der Waals surface area contributed by atoms with E-state index < -0.39 is 11.7 Å². The summed E-state index contributed by atoms with van der Waals surface area (Å²) in [5, 5.41) is 23.4. The zero-order valence-corrected chi connectivity index (χ0v) is 12.9. The Kier molecular flexibility index (Phi) is 8.64. The highest BCUT2D eigenvalue weighted by molar-refractivity contribution is 4.87. The average Bonchev–Trinajstić information content (AvgIpc) is 2.38. The molecule has 3 atom stereocenters. The third-order valence-electron chi connectivity index (χ3n) is 3.79. The maximum atomic E-state index is 10.4. The fourth-order valence-corrected chi connectivity index (χ4v) is 2.80. The molecule has 1 aliphatic rings. The van der Waals surface area contributed by atoms with E-state index in [1.54, 1.807) is 0 Å². The molecule has 1 aliphatic carbocycles. The highest BCUT2D eigenvalue weighted by atomic mass is 16.5. The molecule has 0 amide bonds. The SMILES string of the molecule is CCOCCOCC(O)CNCC1(O)CCCC(C)C1. The zero-order chi connectivity index (χ0) is 14.8. The molecule has 0 heterocycles. The number of hydrogen-bond donors (Lipinski definition) is 3. The summed E-state index contributed by atoms with van der Waals surface area (Å²) in [7, 11) is 0. The van der Waals surface area contributed by atoms with Crippen LogP contribution in [-0.2, 0) is 9.47 Å². The summed E-state index contributed by atoms with van der Waals surface area (Å²) in [5.74, 6) is 0.586. The van der Waals surface area contributed by atoms with Crippen LogP contribution in [0.15, 0.2) is 0 Å². The van der Waals surface area contributed by atoms with Crippen LogP contribution in [0.2, 0.25) is 0 Å². The molecule has 3 unspecified atom stereocenters. The number of nitrogens with one attached hydrogen (secondary N) is 1. The molecule has 3 N–H and O–H groups in total. The fraction of sp³-hybridized carbons (Fsp3) is 1.00. The standard InChI is InChI=1S/C15H31NO4/c1-3-19-7-8-20-11-14(17)10-16-12-15(18)6-4-5-13(2)9-15/h13-14,16-18H,3-12H2,1-2H3. The van der Waals surface area contributed by atoms with Crippen LogP contribution in [0.3, 0.4) is 0 Å². The van der Waals surface area contributed by atoms with Gasteiger partial charge < -0.3 is 25.0 Å². The topological polar surface area (TPSA) is 71.0 Å². The van der Waals surface area contributed by atoms with Gasteiger partial charge in [0.15, 0.2) is 0 Å². The van der Waals surface area contributed by atoms with Gasteiger partial charge in [-0.05, 0) is 25.7 Å². The van der Waals surface area contributed by atoms with Crippen LogP contribution in [-0.4, -0.2) is 61.4 Å². The molecule has 5 nitrogen and oxygen atoms in total. The maximum Gasteiger partial charge on any atom is 0.0897 e. The van der Waals surface area contributed by atoms with Crippen molar-refractivity contribution in [3.63, 3.8) is 0 Å². The Morgan fingerprint density at radius 2 is 2.10 bits per heavy atom. The van der Waals surface area contributed by atoms with Gasteiger partial charge in [-0.15, -0.1) is 0 Å². The van der Waals surface area contributed by atoms with Crippen LogP contribution in [0.5, 0.6) is 0 Å². The summed E-state index contributed by atoms with van der Waals surface area (Å²) in [6.45, 7) is 7.18. The second kappa shape index (κ2) is 9.68. The van der Waals surface area contributed by atoms with Crippen molar-refractivity contribution < 1.29 is 19.7 Å². The maximum absolute atomic E-state index is 10.4. The number of rotatable bonds is 10. The highest BCUT2D eigenvalue weighted by Crippen LogP contribution is 2.31. The smallest absolute Gasteiger partial charge is 0.0897 e. The van der Waals surface area contributed by atoms with Gasteiger partial charge in [-0.25, -0.2) is 0 Å². The number of hydrogen-bond acceptors (Lipinski definition) is 5. The predicted molar refractivity (Wildman–Crippen MR) is 78.8 cm³/mol. The van der Waals surface area contributed by atoms with E-state index in [0.29, 0.717) is 45.4 Å². The molecule has 120 valence electrons. The Morgan fingerprint density at radius 1 is 1.35 bits per heavy atom.